The molecule has 20 heavy (non-hydrogen) atoms. The number of carbonyl (C=O) groups is 1. The van der Waals surface area contributed by atoms with Crippen LogP contribution in [0.4, 0.5) is 0 Å². The fourth-order valence-corrected chi connectivity index (χ4v) is 2.43. The van der Waals surface area contributed by atoms with Crippen LogP contribution in [0.2, 0.25) is 0 Å². The van der Waals surface area contributed by atoms with Crippen molar-refractivity contribution in [1.82, 2.24) is 4.57 Å². The minimum Gasteiger partial charge on any atom is -0.497 e. The van der Waals surface area contributed by atoms with Gasteiger partial charge in [0.25, 0.3) is 5.91 Å². The first-order valence-corrected chi connectivity index (χ1v) is 6.72. The van der Waals surface area contributed by atoms with Crippen LogP contribution in [0.3, 0.4) is 0 Å². The lowest BCUT2D eigenvalue weighted by Crippen LogP contribution is -2.12. The van der Waals surface area contributed by atoms with Gasteiger partial charge in [0.05, 0.1) is 12.7 Å². The van der Waals surface area contributed by atoms with E-state index in [0.717, 1.165) is 35.7 Å². The molecule has 2 aromatic rings. The van der Waals surface area contributed by atoms with E-state index in [9.17, 15) is 4.79 Å². The van der Waals surface area contributed by atoms with Gasteiger partial charge in [-0.2, -0.15) is 0 Å². The van der Waals surface area contributed by atoms with E-state index in [1.807, 2.05) is 37.3 Å². The number of carbonyl (C=O) groups excluding carboxylic acids is 1. The van der Waals surface area contributed by atoms with E-state index in [-0.39, 0.29) is 5.91 Å². The summed E-state index contributed by atoms with van der Waals surface area (Å²) in [6.07, 6.45) is 0.991. The molecule has 0 saturated carbocycles. The Hall–Kier alpha value is -2.23. The third-order valence-electron chi connectivity index (χ3n) is 3.44. The molecule has 0 aliphatic heterocycles. The minimum atomic E-state index is -0.388. The zero-order valence-electron chi connectivity index (χ0n) is 12.1. The summed E-state index contributed by atoms with van der Waals surface area (Å²) in [5.74, 6) is 0.409. The second-order valence-corrected chi connectivity index (χ2v) is 4.78. The number of methoxy groups -OCH3 is 1. The Bertz CT molecular complexity index is 629. The molecule has 2 N–H and O–H groups in total. The van der Waals surface area contributed by atoms with Crippen molar-refractivity contribution in [3.05, 3.63) is 41.6 Å². The summed E-state index contributed by atoms with van der Waals surface area (Å²) in [5.41, 5.74) is 8.96. The summed E-state index contributed by atoms with van der Waals surface area (Å²) in [4.78, 5) is 11.5. The van der Waals surface area contributed by atoms with Crippen molar-refractivity contribution in [1.29, 1.82) is 0 Å². The van der Waals surface area contributed by atoms with Gasteiger partial charge in [-0.15, -0.1) is 0 Å². The predicted molar refractivity (Wildman–Crippen MR) is 80.0 cm³/mol. The zero-order chi connectivity index (χ0) is 14.7. The molecule has 0 atom stereocenters. The summed E-state index contributed by atoms with van der Waals surface area (Å²) >= 11 is 0. The number of nitrogens with two attached hydrogens (primary N) is 1. The molecule has 0 radical (unpaired) electrons. The van der Waals surface area contributed by atoms with Crippen LogP contribution in [-0.4, -0.2) is 17.6 Å². The molecule has 0 fully saturated rings. The first kappa shape index (κ1) is 14.2. The number of benzene rings is 1. The third kappa shape index (κ3) is 2.54. The largest absolute Gasteiger partial charge is 0.497 e. The molecule has 2 rings (SSSR count). The Kier molecular flexibility index (Phi) is 4.13. The predicted octanol–water partition coefficient (Wildman–Crippen LogP) is 2.98. The van der Waals surface area contributed by atoms with E-state index in [4.69, 9.17) is 10.5 Å². The number of rotatable bonds is 5. The van der Waals surface area contributed by atoms with Gasteiger partial charge in [0.2, 0.25) is 0 Å². The molecule has 1 aromatic carbocycles. The van der Waals surface area contributed by atoms with E-state index in [1.54, 1.807) is 7.11 Å². The summed E-state index contributed by atoms with van der Waals surface area (Å²) in [5, 5.41) is 0. The number of primary amides is 1. The molecule has 0 saturated heterocycles. The highest BCUT2D eigenvalue weighted by Crippen LogP contribution is 2.28. The van der Waals surface area contributed by atoms with Gasteiger partial charge >= 0.3 is 0 Å². The van der Waals surface area contributed by atoms with E-state index < -0.39 is 0 Å². The summed E-state index contributed by atoms with van der Waals surface area (Å²) in [6, 6.07) is 9.68. The van der Waals surface area contributed by atoms with Gasteiger partial charge in [0.15, 0.2) is 0 Å². The maximum absolute atomic E-state index is 11.5. The lowest BCUT2D eigenvalue weighted by atomic mass is 10.1. The SMILES string of the molecule is CCCn1c(-c2cccc(OC)c2)cc(C(N)=O)c1C. The normalized spacial score (nSPS) is 10.6. The van der Waals surface area contributed by atoms with Crippen LogP contribution in [-0.2, 0) is 6.54 Å². The first-order chi connectivity index (χ1) is 9.58. The minimum absolute atomic E-state index is 0.388. The first-order valence-electron chi connectivity index (χ1n) is 6.72. The molecule has 0 bridgehead atoms. The number of aromatic nitrogens is 1. The van der Waals surface area contributed by atoms with Crippen molar-refractivity contribution in [2.24, 2.45) is 5.73 Å². The van der Waals surface area contributed by atoms with E-state index in [0.29, 0.717) is 5.56 Å². The highest BCUT2D eigenvalue weighted by Gasteiger charge is 2.16. The van der Waals surface area contributed by atoms with Gasteiger partial charge < -0.3 is 15.0 Å². The van der Waals surface area contributed by atoms with Gasteiger partial charge in [0.1, 0.15) is 5.75 Å². The second kappa shape index (κ2) is 5.82. The molecular formula is C16H20N2O2. The Labute approximate surface area is 119 Å². The molecule has 1 heterocycles. The van der Waals surface area contributed by atoms with Crippen molar-refractivity contribution in [3.63, 3.8) is 0 Å². The van der Waals surface area contributed by atoms with Crippen LogP contribution < -0.4 is 10.5 Å². The van der Waals surface area contributed by atoms with Crippen molar-refractivity contribution in [3.8, 4) is 17.0 Å². The van der Waals surface area contributed by atoms with Crippen LogP contribution in [0.25, 0.3) is 11.3 Å². The molecule has 4 nitrogen and oxygen atoms in total. The highest BCUT2D eigenvalue weighted by molar-refractivity contribution is 5.95. The van der Waals surface area contributed by atoms with Crippen molar-refractivity contribution < 1.29 is 9.53 Å². The second-order valence-electron chi connectivity index (χ2n) is 4.78. The standard InChI is InChI=1S/C16H20N2O2/c1-4-8-18-11(2)14(16(17)19)10-15(18)12-6-5-7-13(9-12)20-3/h5-7,9-10H,4,8H2,1-3H3,(H2,17,19). The number of nitrogens with zero attached hydrogens (tertiary/aromatic N) is 1. The average Bonchev–Trinajstić information content (AvgIpc) is 2.77. The van der Waals surface area contributed by atoms with Crippen molar-refractivity contribution in [2.45, 2.75) is 26.8 Å². The van der Waals surface area contributed by atoms with Gasteiger partial charge in [-0.25, -0.2) is 0 Å². The summed E-state index contributed by atoms with van der Waals surface area (Å²) in [7, 11) is 1.64. The van der Waals surface area contributed by atoms with Gasteiger partial charge in [-0.05, 0) is 31.5 Å². The van der Waals surface area contributed by atoms with Crippen LogP contribution in [0, 0.1) is 6.92 Å². The van der Waals surface area contributed by atoms with Gasteiger partial charge in [-0.3, -0.25) is 4.79 Å². The fourth-order valence-electron chi connectivity index (χ4n) is 2.43. The van der Waals surface area contributed by atoms with Crippen LogP contribution in [0.5, 0.6) is 5.75 Å². The third-order valence-corrected chi connectivity index (χ3v) is 3.44. The average molecular weight is 272 g/mol. The number of amides is 1. The molecule has 0 spiro atoms. The number of hydrogen-bond acceptors (Lipinski definition) is 2. The Morgan fingerprint density at radius 3 is 2.70 bits per heavy atom. The monoisotopic (exact) mass is 272 g/mol. The smallest absolute Gasteiger partial charge is 0.250 e. The van der Waals surface area contributed by atoms with E-state index in [2.05, 4.69) is 11.5 Å². The Balaban J connectivity index is 2.59. The van der Waals surface area contributed by atoms with Crippen molar-refractivity contribution in [2.75, 3.05) is 7.11 Å². The van der Waals surface area contributed by atoms with Crippen molar-refractivity contribution >= 4 is 5.91 Å². The number of ether oxygens (including phenoxy) is 1. The van der Waals surface area contributed by atoms with Gasteiger partial charge in [0, 0.05) is 23.5 Å². The lowest BCUT2D eigenvalue weighted by Gasteiger charge is -2.11. The van der Waals surface area contributed by atoms with Crippen LogP contribution in [0.1, 0.15) is 29.4 Å². The Morgan fingerprint density at radius 1 is 1.35 bits per heavy atom. The molecule has 1 aromatic heterocycles. The molecule has 1 amide bonds. The van der Waals surface area contributed by atoms with Crippen LogP contribution in [0.15, 0.2) is 30.3 Å². The quantitative estimate of drug-likeness (QED) is 0.909. The highest BCUT2D eigenvalue weighted by atomic mass is 16.5. The van der Waals surface area contributed by atoms with E-state index in [1.165, 1.54) is 0 Å². The fraction of sp³-hybridized carbons (Fsp3) is 0.312. The summed E-state index contributed by atoms with van der Waals surface area (Å²) < 4.78 is 7.39. The molecular weight excluding hydrogens is 252 g/mol. The number of hydrogen-bond donors (Lipinski definition) is 1. The molecule has 0 aliphatic carbocycles. The van der Waals surface area contributed by atoms with Gasteiger partial charge in [-0.1, -0.05) is 19.1 Å². The molecule has 0 unspecified atom stereocenters. The summed E-state index contributed by atoms with van der Waals surface area (Å²) in [6.45, 7) is 4.89. The lowest BCUT2D eigenvalue weighted by molar-refractivity contribution is 0.0999. The molecule has 4 heteroatoms. The topological polar surface area (TPSA) is 57.2 Å². The molecule has 0 aliphatic rings. The Morgan fingerprint density at radius 2 is 2.10 bits per heavy atom. The van der Waals surface area contributed by atoms with Crippen LogP contribution >= 0.6 is 0 Å². The van der Waals surface area contributed by atoms with E-state index >= 15 is 0 Å². The molecule has 106 valence electrons. The maximum atomic E-state index is 11.5. The maximum Gasteiger partial charge on any atom is 0.250 e. The zero-order valence-corrected chi connectivity index (χ0v) is 12.1.